The van der Waals surface area contributed by atoms with Crippen LogP contribution in [0, 0.1) is 5.92 Å². The van der Waals surface area contributed by atoms with Gasteiger partial charge in [-0.3, -0.25) is 9.59 Å². The van der Waals surface area contributed by atoms with Gasteiger partial charge in [-0.05, 0) is 31.4 Å². The van der Waals surface area contributed by atoms with Gasteiger partial charge in [-0.1, -0.05) is 25.5 Å². The SMILES string of the molecule is CCCCC(=O)N1CCC(C(=O)Nc2ccccc2OC)CC1. The fourth-order valence-corrected chi connectivity index (χ4v) is 2.86. The van der Waals surface area contributed by atoms with Gasteiger partial charge in [0.25, 0.3) is 0 Å². The Morgan fingerprint density at radius 1 is 1.26 bits per heavy atom. The topological polar surface area (TPSA) is 58.6 Å². The lowest BCUT2D eigenvalue weighted by Gasteiger charge is -2.31. The molecule has 0 aromatic heterocycles. The number of hydrogen-bond acceptors (Lipinski definition) is 3. The molecule has 5 heteroatoms. The predicted molar refractivity (Wildman–Crippen MR) is 90.5 cm³/mol. The standard InChI is InChI=1S/C18H26N2O3/c1-3-4-9-17(21)20-12-10-14(11-13-20)18(22)19-15-7-5-6-8-16(15)23-2/h5-8,14H,3-4,9-13H2,1-2H3,(H,19,22). The molecule has 1 aliphatic rings. The first-order valence-corrected chi connectivity index (χ1v) is 8.37. The Hall–Kier alpha value is -2.04. The van der Waals surface area contributed by atoms with Gasteiger partial charge in [0.1, 0.15) is 5.75 Å². The van der Waals surface area contributed by atoms with Crippen molar-refractivity contribution >= 4 is 17.5 Å². The molecular weight excluding hydrogens is 292 g/mol. The number of unbranched alkanes of at least 4 members (excludes halogenated alkanes) is 1. The van der Waals surface area contributed by atoms with Crippen LogP contribution in [0.25, 0.3) is 0 Å². The Morgan fingerprint density at radius 2 is 1.96 bits per heavy atom. The highest BCUT2D eigenvalue weighted by molar-refractivity contribution is 5.94. The number of likely N-dealkylation sites (tertiary alicyclic amines) is 1. The van der Waals surface area contributed by atoms with E-state index in [1.807, 2.05) is 29.2 Å². The average Bonchev–Trinajstić information content (AvgIpc) is 2.60. The minimum Gasteiger partial charge on any atom is -0.495 e. The van der Waals surface area contributed by atoms with Gasteiger partial charge in [0.15, 0.2) is 0 Å². The first-order valence-electron chi connectivity index (χ1n) is 8.37. The molecule has 2 rings (SSSR count). The second kappa shape index (κ2) is 8.56. The van der Waals surface area contributed by atoms with E-state index < -0.39 is 0 Å². The summed E-state index contributed by atoms with van der Waals surface area (Å²) < 4.78 is 5.25. The molecule has 0 saturated carbocycles. The van der Waals surface area contributed by atoms with Crippen LogP contribution in [0.15, 0.2) is 24.3 Å². The minimum absolute atomic E-state index is 0.00940. The molecule has 0 unspecified atom stereocenters. The molecule has 0 aliphatic carbocycles. The molecule has 23 heavy (non-hydrogen) atoms. The molecule has 0 bridgehead atoms. The van der Waals surface area contributed by atoms with Crippen molar-refractivity contribution in [2.75, 3.05) is 25.5 Å². The summed E-state index contributed by atoms with van der Waals surface area (Å²) >= 11 is 0. The number of ether oxygens (including phenoxy) is 1. The van der Waals surface area contributed by atoms with Gasteiger partial charge in [-0.2, -0.15) is 0 Å². The molecule has 1 saturated heterocycles. The van der Waals surface area contributed by atoms with Crippen LogP contribution in [0.3, 0.4) is 0 Å². The van der Waals surface area contributed by atoms with Crippen molar-refractivity contribution in [3.8, 4) is 5.75 Å². The Balaban J connectivity index is 1.85. The van der Waals surface area contributed by atoms with Crippen molar-refractivity contribution in [1.82, 2.24) is 4.90 Å². The van der Waals surface area contributed by atoms with Gasteiger partial charge in [-0.15, -0.1) is 0 Å². The molecular formula is C18H26N2O3. The average molecular weight is 318 g/mol. The zero-order chi connectivity index (χ0) is 16.7. The highest BCUT2D eigenvalue weighted by Crippen LogP contribution is 2.26. The molecule has 0 atom stereocenters. The van der Waals surface area contributed by atoms with E-state index in [2.05, 4.69) is 12.2 Å². The minimum atomic E-state index is -0.0462. The molecule has 1 fully saturated rings. The van der Waals surface area contributed by atoms with Crippen molar-refractivity contribution in [1.29, 1.82) is 0 Å². The van der Waals surface area contributed by atoms with E-state index in [1.54, 1.807) is 7.11 Å². The summed E-state index contributed by atoms with van der Waals surface area (Å²) in [4.78, 5) is 26.3. The summed E-state index contributed by atoms with van der Waals surface area (Å²) in [5, 5.41) is 2.94. The fourth-order valence-electron chi connectivity index (χ4n) is 2.86. The number of rotatable bonds is 6. The molecule has 5 nitrogen and oxygen atoms in total. The number of methoxy groups -OCH3 is 1. The number of nitrogens with zero attached hydrogens (tertiary/aromatic N) is 1. The second-order valence-corrected chi connectivity index (χ2v) is 5.95. The zero-order valence-corrected chi connectivity index (χ0v) is 14.0. The number of piperidine rings is 1. The van der Waals surface area contributed by atoms with Gasteiger partial charge >= 0.3 is 0 Å². The Kier molecular flexibility index (Phi) is 6.44. The van der Waals surface area contributed by atoms with Crippen LogP contribution >= 0.6 is 0 Å². The van der Waals surface area contributed by atoms with Gasteiger partial charge < -0.3 is 15.0 Å². The van der Waals surface area contributed by atoms with Crippen molar-refractivity contribution in [2.45, 2.75) is 39.0 Å². The van der Waals surface area contributed by atoms with Crippen LogP contribution in [0.2, 0.25) is 0 Å². The first-order chi connectivity index (χ1) is 11.2. The number of para-hydroxylation sites is 2. The van der Waals surface area contributed by atoms with Crippen LogP contribution < -0.4 is 10.1 Å². The molecule has 1 aromatic rings. The lowest BCUT2D eigenvalue weighted by Crippen LogP contribution is -2.41. The monoisotopic (exact) mass is 318 g/mol. The van der Waals surface area contributed by atoms with Crippen LogP contribution in [0.5, 0.6) is 5.75 Å². The molecule has 0 radical (unpaired) electrons. The summed E-state index contributed by atoms with van der Waals surface area (Å²) in [6.07, 6.45) is 4.03. The fraction of sp³-hybridized carbons (Fsp3) is 0.556. The number of benzene rings is 1. The van der Waals surface area contributed by atoms with Crippen molar-refractivity contribution < 1.29 is 14.3 Å². The normalized spacial score (nSPS) is 15.3. The van der Waals surface area contributed by atoms with Crippen molar-refractivity contribution in [2.24, 2.45) is 5.92 Å². The first kappa shape index (κ1) is 17.3. The maximum atomic E-state index is 12.4. The van der Waals surface area contributed by atoms with Crippen LogP contribution in [-0.4, -0.2) is 36.9 Å². The van der Waals surface area contributed by atoms with Gasteiger partial charge in [0.2, 0.25) is 11.8 Å². The van der Waals surface area contributed by atoms with E-state index in [9.17, 15) is 9.59 Å². The maximum Gasteiger partial charge on any atom is 0.227 e. The highest BCUT2D eigenvalue weighted by Gasteiger charge is 2.27. The number of amides is 2. The van der Waals surface area contributed by atoms with Crippen LogP contribution in [-0.2, 0) is 9.59 Å². The Bertz CT molecular complexity index is 537. The number of carbonyl (C=O) groups excluding carboxylic acids is 2. The largest absolute Gasteiger partial charge is 0.495 e. The highest BCUT2D eigenvalue weighted by atomic mass is 16.5. The van der Waals surface area contributed by atoms with E-state index in [0.29, 0.717) is 30.9 Å². The van der Waals surface area contributed by atoms with E-state index >= 15 is 0 Å². The molecule has 1 heterocycles. The predicted octanol–water partition coefficient (Wildman–Crippen LogP) is 3.06. The van der Waals surface area contributed by atoms with Crippen molar-refractivity contribution in [3.63, 3.8) is 0 Å². The Labute approximate surface area is 138 Å². The summed E-state index contributed by atoms with van der Waals surface area (Å²) in [6, 6.07) is 7.40. The lowest BCUT2D eigenvalue weighted by atomic mass is 9.95. The third-order valence-electron chi connectivity index (χ3n) is 4.33. The molecule has 1 N–H and O–H groups in total. The third-order valence-corrected chi connectivity index (χ3v) is 4.33. The molecule has 1 aliphatic heterocycles. The molecule has 126 valence electrons. The van der Waals surface area contributed by atoms with E-state index in [1.165, 1.54) is 0 Å². The number of carbonyl (C=O) groups is 2. The molecule has 2 amide bonds. The van der Waals surface area contributed by atoms with Gasteiger partial charge in [-0.25, -0.2) is 0 Å². The zero-order valence-electron chi connectivity index (χ0n) is 14.0. The summed E-state index contributed by atoms with van der Waals surface area (Å²) in [6.45, 7) is 3.43. The lowest BCUT2D eigenvalue weighted by molar-refractivity contribution is -0.134. The summed E-state index contributed by atoms with van der Waals surface area (Å²) in [5.74, 6) is 0.841. The quantitative estimate of drug-likeness (QED) is 0.877. The van der Waals surface area contributed by atoms with Crippen LogP contribution in [0.4, 0.5) is 5.69 Å². The molecule has 1 aromatic carbocycles. The third kappa shape index (κ3) is 4.71. The van der Waals surface area contributed by atoms with Crippen LogP contribution in [0.1, 0.15) is 39.0 Å². The smallest absolute Gasteiger partial charge is 0.227 e. The molecule has 0 spiro atoms. The Morgan fingerprint density at radius 3 is 2.61 bits per heavy atom. The van der Waals surface area contributed by atoms with Crippen molar-refractivity contribution in [3.05, 3.63) is 24.3 Å². The van der Waals surface area contributed by atoms with E-state index in [4.69, 9.17) is 4.74 Å². The second-order valence-electron chi connectivity index (χ2n) is 5.95. The van der Waals surface area contributed by atoms with E-state index in [0.717, 1.165) is 25.7 Å². The van der Waals surface area contributed by atoms with E-state index in [-0.39, 0.29) is 17.7 Å². The number of hydrogen-bond donors (Lipinski definition) is 1. The maximum absolute atomic E-state index is 12.4. The number of anilines is 1. The number of nitrogens with one attached hydrogen (secondary N) is 1. The van der Waals surface area contributed by atoms with Gasteiger partial charge in [0, 0.05) is 25.4 Å². The summed E-state index contributed by atoms with van der Waals surface area (Å²) in [5.41, 5.74) is 0.696. The van der Waals surface area contributed by atoms with Gasteiger partial charge in [0.05, 0.1) is 12.8 Å². The summed E-state index contributed by atoms with van der Waals surface area (Å²) in [7, 11) is 1.59.